The number of hydrogen-bond acceptors (Lipinski definition) is 6. The molecule has 1 aliphatic carbocycles. The van der Waals surface area contributed by atoms with Gasteiger partial charge in [0.05, 0.1) is 12.8 Å². The van der Waals surface area contributed by atoms with Crippen molar-refractivity contribution in [2.24, 2.45) is 0 Å². The lowest BCUT2D eigenvalue weighted by Gasteiger charge is -2.28. The number of rotatable bonds is 7. The number of amides is 2. The fourth-order valence-electron chi connectivity index (χ4n) is 5.03. The Morgan fingerprint density at radius 1 is 1.08 bits per heavy atom. The highest BCUT2D eigenvalue weighted by atomic mass is 32.2. The molecule has 0 saturated heterocycles. The number of anilines is 1. The standard InChI is InChI=1S/C27H30N4O5S/c1-18(32)29(2)17-27(14-15-27)19-5-7-20(8-6-19)30-16-13-23-24(26(30)33)31(28-25(23)37(4,34)35)21-9-11-22(36-3)12-10-21/h5-12H,13-17H2,1-4H3. The zero-order chi connectivity index (χ0) is 26.5. The molecule has 9 nitrogen and oxygen atoms in total. The number of ether oxygens (including phenoxy) is 1. The number of aromatic nitrogens is 2. The van der Waals surface area contributed by atoms with Gasteiger partial charge in [0.25, 0.3) is 5.91 Å². The molecule has 0 unspecified atom stereocenters. The molecule has 10 heteroatoms. The molecule has 194 valence electrons. The fraction of sp³-hybridized carbons (Fsp3) is 0.370. The van der Waals surface area contributed by atoms with Gasteiger partial charge in [0.1, 0.15) is 11.4 Å². The van der Waals surface area contributed by atoms with E-state index >= 15 is 0 Å². The van der Waals surface area contributed by atoms with Gasteiger partial charge in [-0.2, -0.15) is 5.10 Å². The van der Waals surface area contributed by atoms with E-state index in [1.807, 2.05) is 31.3 Å². The summed E-state index contributed by atoms with van der Waals surface area (Å²) in [6.07, 6.45) is 3.52. The molecule has 3 aromatic rings. The van der Waals surface area contributed by atoms with Crippen molar-refractivity contribution in [1.82, 2.24) is 14.7 Å². The second-order valence-corrected chi connectivity index (χ2v) is 11.9. The van der Waals surface area contributed by atoms with E-state index in [2.05, 4.69) is 5.10 Å². The van der Waals surface area contributed by atoms with E-state index in [-0.39, 0.29) is 27.9 Å². The van der Waals surface area contributed by atoms with E-state index < -0.39 is 9.84 Å². The Morgan fingerprint density at radius 3 is 2.24 bits per heavy atom. The average molecular weight is 523 g/mol. The van der Waals surface area contributed by atoms with Crippen molar-refractivity contribution >= 4 is 27.3 Å². The molecule has 0 bridgehead atoms. The van der Waals surface area contributed by atoms with Crippen LogP contribution < -0.4 is 9.64 Å². The minimum Gasteiger partial charge on any atom is -0.497 e. The molecule has 2 aromatic carbocycles. The Labute approximate surface area is 216 Å². The Bertz CT molecular complexity index is 1470. The monoisotopic (exact) mass is 522 g/mol. The number of likely N-dealkylation sites (N-methyl/N-ethyl adjacent to an activating group) is 1. The molecular weight excluding hydrogens is 492 g/mol. The third-order valence-corrected chi connectivity index (χ3v) is 8.40. The van der Waals surface area contributed by atoms with Gasteiger partial charge in [0.2, 0.25) is 5.91 Å². The number of hydrogen-bond donors (Lipinski definition) is 0. The van der Waals surface area contributed by atoms with Crippen LogP contribution in [-0.2, 0) is 26.5 Å². The first-order chi connectivity index (χ1) is 17.5. The van der Waals surface area contributed by atoms with Gasteiger partial charge in [0, 0.05) is 50.0 Å². The summed E-state index contributed by atoms with van der Waals surface area (Å²) in [5.41, 5.74) is 3.12. The molecule has 1 aromatic heterocycles. The molecule has 2 heterocycles. The second kappa shape index (κ2) is 9.02. The highest BCUT2D eigenvalue weighted by molar-refractivity contribution is 7.90. The molecule has 0 radical (unpaired) electrons. The zero-order valence-electron chi connectivity index (χ0n) is 21.4. The van der Waals surface area contributed by atoms with Crippen LogP contribution in [0.4, 0.5) is 5.69 Å². The van der Waals surface area contributed by atoms with Crippen LogP contribution in [0.3, 0.4) is 0 Å². The summed E-state index contributed by atoms with van der Waals surface area (Å²) >= 11 is 0. The molecule has 0 spiro atoms. The van der Waals surface area contributed by atoms with E-state index in [0.29, 0.717) is 36.5 Å². The summed E-state index contributed by atoms with van der Waals surface area (Å²) in [6, 6.07) is 14.9. The lowest BCUT2D eigenvalue weighted by Crippen LogP contribution is -2.39. The maximum Gasteiger partial charge on any atom is 0.277 e. The van der Waals surface area contributed by atoms with Crippen molar-refractivity contribution in [2.45, 2.75) is 36.6 Å². The van der Waals surface area contributed by atoms with Crippen molar-refractivity contribution in [3.8, 4) is 11.4 Å². The minimum atomic E-state index is -3.64. The van der Waals surface area contributed by atoms with E-state index in [1.54, 1.807) is 48.1 Å². The molecule has 1 aliphatic heterocycles. The van der Waals surface area contributed by atoms with Crippen LogP contribution >= 0.6 is 0 Å². The van der Waals surface area contributed by atoms with Crippen molar-refractivity contribution in [2.75, 3.05) is 38.4 Å². The Hall–Kier alpha value is -3.66. The number of benzene rings is 2. The molecule has 1 fully saturated rings. The van der Waals surface area contributed by atoms with Crippen molar-refractivity contribution in [3.63, 3.8) is 0 Å². The number of fused-ring (bicyclic) bond motifs is 1. The van der Waals surface area contributed by atoms with Crippen LogP contribution in [0.1, 0.15) is 41.4 Å². The summed E-state index contributed by atoms with van der Waals surface area (Å²) in [5.74, 6) is 0.383. The highest BCUT2D eigenvalue weighted by Crippen LogP contribution is 2.49. The quantitative estimate of drug-likeness (QED) is 0.473. The van der Waals surface area contributed by atoms with Crippen molar-refractivity contribution in [3.05, 3.63) is 65.4 Å². The zero-order valence-corrected chi connectivity index (χ0v) is 22.2. The maximum atomic E-state index is 13.8. The summed E-state index contributed by atoms with van der Waals surface area (Å²) in [4.78, 5) is 28.9. The van der Waals surface area contributed by atoms with Gasteiger partial charge in [0.15, 0.2) is 14.9 Å². The van der Waals surface area contributed by atoms with Crippen LogP contribution in [0.25, 0.3) is 5.69 Å². The van der Waals surface area contributed by atoms with E-state index in [0.717, 1.165) is 30.3 Å². The van der Waals surface area contributed by atoms with Crippen LogP contribution in [0.5, 0.6) is 5.75 Å². The van der Waals surface area contributed by atoms with Gasteiger partial charge in [-0.05, 0) is 61.2 Å². The SMILES string of the molecule is COc1ccc(-n2nc(S(C)(=O)=O)c3c2C(=O)N(c2ccc(C4(CN(C)C(C)=O)CC4)cc2)CC3)cc1. The normalized spacial score (nSPS) is 16.3. The predicted octanol–water partition coefficient (Wildman–Crippen LogP) is 3.00. The van der Waals surface area contributed by atoms with E-state index in [9.17, 15) is 18.0 Å². The molecule has 0 N–H and O–H groups in total. The smallest absolute Gasteiger partial charge is 0.277 e. The lowest BCUT2D eigenvalue weighted by atomic mass is 9.94. The maximum absolute atomic E-state index is 13.8. The average Bonchev–Trinajstić information content (AvgIpc) is 3.53. The third kappa shape index (κ3) is 4.50. The molecular formula is C27H30N4O5S. The van der Waals surface area contributed by atoms with Gasteiger partial charge >= 0.3 is 0 Å². The predicted molar refractivity (Wildman–Crippen MR) is 139 cm³/mol. The number of sulfone groups is 1. The molecule has 5 rings (SSSR count). The highest BCUT2D eigenvalue weighted by Gasteiger charge is 2.45. The summed E-state index contributed by atoms with van der Waals surface area (Å²) in [7, 11) is -0.258. The second-order valence-electron chi connectivity index (χ2n) is 9.92. The van der Waals surface area contributed by atoms with Gasteiger partial charge in [-0.1, -0.05) is 12.1 Å². The Morgan fingerprint density at radius 2 is 1.70 bits per heavy atom. The van der Waals surface area contributed by atoms with Crippen molar-refractivity contribution < 1.29 is 22.7 Å². The number of carbonyl (C=O) groups is 2. The first-order valence-corrected chi connectivity index (χ1v) is 14.0. The largest absolute Gasteiger partial charge is 0.497 e. The fourth-order valence-corrected chi connectivity index (χ4v) is 5.91. The topological polar surface area (TPSA) is 102 Å². The van der Waals surface area contributed by atoms with Gasteiger partial charge in [-0.25, -0.2) is 13.1 Å². The first kappa shape index (κ1) is 25.0. The molecule has 0 atom stereocenters. The van der Waals surface area contributed by atoms with Gasteiger partial charge < -0.3 is 14.5 Å². The summed E-state index contributed by atoms with van der Waals surface area (Å²) in [5, 5.41) is 4.31. The molecule has 2 aliphatic rings. The van der Waals surface area contributed by atoms with Gasteiger partial charge in [-0.15, -0.1) is 0 Å². The first-order valence-electron chi connectivity index (χ1n) is 12.1. The van der Waals surface area contributed by atoms with Crippen molar-refractivity contribution in [1.29, 1.82) is 0 Å². The van der Waals surface area contributed by atoms with Gasteiger partial charge in [-0.3, -0.25) is 9.59 Å². The van der Waals surface area contributed by atoms with E-state index in [1.165, 1.54) is 4.68 Å². The minimum absolute atomic E-state index is 0.0323. The van der Waals surface area contributed by atoms with Crippen LogP contribution in [0.2, 0.25) is 0 Å². The summed E-state index contributed by atoms with van der Waals surface area (Å²) in [6.45, 7) is 2.59. The number of carbonyl (C=O) groups excluding carboxylic acids is 2. The van der Waals surface area contributed by atoms with E-state index in [4.69, 9.17) is 4.74 Å². The van der Waals surface area contributed by atoms with Crippen LogP contribution in [0, 0.1) is 0 Å². The number of nitrogens with zero attached hydrogens (tertiary/aromatic N) is 4. The van der Waals surface area contributed by atoms with Crippen LogP contribution in [0.15, 0.2) is 53.6 Å². The summed E-state index contributed by atoms with van der Waals surface area (Å²) < 4.78 is 31.7. The molecule has 2 amide bonds. The number of methoxy groups -OCH3 is 1. The molecule has 37 heavy (non-hydrogen) atoms. The Kier molecular flexibility index (Phi) is 6.10. The third-order valence-electron chi connectivity index (χ3n) is 7.37. The van der Waals surface area contributed by atoms with Crippen LogP contribution in [-0.4, -0.2) is 68.4 Å². The lowest BCUT2D eigenvalue weighted by molar-refractivity contribution is -0.127. The molecule has 1 saturated carbocycles. The Balaban J connectivity index is 1.48.